The van der Waals surface area contributed by atoms with Crippen LogP contribution in [0.1, 0.15) is 40.2 Å². The molecule has 1 aliphatic heterocycles. The summed E-state index contributed by atoms with van der Waals surface area (Å²) >= 11 is 0. The Morgan fingerprint density at radius 2 is 2.04 bits per heavy atom. The van der Waals surface area contributed by atoms with E-state index in [0.717, 1.165) is 26.1 Å². The van der Waals surface area contributed by atoms with Gasteiger partial charge >= 0.3 is 0 Å². The predicted molar refractivity (Wildman–Crippen MR) is 106 cm³/mol. The third-order valence-electron chi connectivity index (χ3n) is 5.54. The van der Waals surface area contributed by atoms with E-state index in [2.05, 4.69) is 36.1 Å². The average molecular weight is 361 g/mol. The van der Waals surface area contributed by atoms with E-state index in [1.165, 1.54) is 23.5 Å². The van der Waals surface area contributed by atoms with Crippen molar-refractivity contribution in [1.82, 2.24) is 4.90 Å². The molecule has 1 saturated heterocycles. The third-order valence-corrected chi connectivity index (χ3v) is 5.54. The summed E-state index contributed by atoms with van der Waals surface area (Å²) in [5, 5.41) is 0.509. The number of carbonyl (C=O) groups excluding carboxylic acids is 1. The standard InChI is InChI=1S/C23H23NO3/c1-16-4-2-3-5-19(16)18-8-11-24(15-18)12-9-21(25)17-6-7-20-22(26)10-13-27-23(20)14-17/h2-7,10,13-14,18H,8-9,11-12,15H2,1H3. The van der Waals surface area contributed by atoms with Crippen LogP contribution in [0.15, 0.2) is 64.0 Å². The van der Waals surface area contributed by atoms with Gasteiger partial charge in [0.25, 0.3) is 0 Å². The van der Waals surface area contributed by atoms with Crippen molar-refractivity contribution in [1.29, 1.82) is 0 Å². The first kappa shape index (κ1) is 17.7. The average Bonchev–Trinajstić information content (AvgIpc) is 3.15. The highest BCUT2D eigenvalue weighted by Crippen LogP contribution is 2.29. The number of Topliss-reactive ketones (excluding diaryl/α,β-unsaturated/α-hetero) is 1. The summed E-state index contributed by atoms with van der Waals surface area (Å²) < 4.78 is 5.37. The van der Waals surface area contributed by atoms with Crippen LogP contribution in [0.25, 0.3) is 11.0 Å². The number of hydrogen-bond acceptors (Lipinski definition) is 4. The van der Waals surface area contributed by atoms with Gasteiger partial charge in [0.15, 0.2) is 11.2 Å². The Morgan fingerprint density at radius 1 is 1.19 bits per heavy atom. The Balaban J connectivity index is 1.39. The van der Waals surface area contributed by atoms with Crippen LogP contribution >= 0.6 is 0 Å². The van der Waals surface area contributed by atoms with Gasteiger partial charge < -0.3 is 9.32 Å². The molecule has 1 unspecified atom stereocenters. The Kier molecular flexibility index (Phi) is 4.90. The van der Waals surface area contributed by atoms with Crippen molar-refractivity contribution in [2.75, 3.05) is 19.6 Å². The summed E-state index contributed by atoms with van der Waals surface area (Å²) in [7, 11) is 0. The summed E-state index contributed by atoms with van der Waals surface area (Å²) in [5.74, 6) is 0.638. The van der Waals surface area contributed by atoms with Crippen LogP contribution in [0.3, 0.4) is 0 Å². The number of likely N-dealkylation sites (tertiary alicyclic amines) is 1. The van der Waals surface area contributed by atoms with E-state index in [1.54, 1.807) is 18.2 Å². The summed E-state index contributed by atoms with van der Waals surface area (Å²) in [5.41, 5.74) is 3.75. The molecule has 1 atom stereocenters. The lowest BCUT2D eigenvalue weighted by atomic mass is 9.94. The Labute approximate surface area is 158 Å². The van der Waals surface area contributed by atoms with Gasteiger partial charge in [-0.2, -0.15) is 0 Å². The van der Waals surface area contributed by atoms with Crippen molar-refractivity contribution in [2.45, 2.75) is 25.7 Å². The molecule has 0 spiro atoms. The second-order valence-electron chi connectivity index (χ2n) is 7.31. The molecule has 0 radical (unpaired) electrons. The van der Waals surface area contributed by atoms with Crippen molar-refractivity contribution in [3.8, 4) is 0 Å². The molecule has 0 N–H and O–H groups in total. The number of nitrogens with zero attached hydrogens (tertiary/aromatic N) is 1. The minimum Gasteiger partial charge on any atom is -0.464 e. The van der Waals surface area contributed by atoms with Crippen LogP contribution in [-0.2, 0) is 0 Å². The molecule has 2 heterocycles. The first-order chi connectivity index (χ1) is 13.1. The Morgan fingerprint density at radius 3 is 2.89 bits per heavy atom. The summed E-state index contributed by atoms with van der Waals surface area (Å²) in [6.45, 7) is 4.96. The van der Waals surface area contributed by atoms with Gasteiger partial charge in [-0.3, -0.25) is 9.59 Å². The van der Waals surface area contributed by atoms with Crippen LogP contribution in [-0.4, -0.2) is 30.3 Å². The second-order valence-corrected chi connectivity index (χ2v) is 7.31. The van der Waals surface area contributed by atoms with Crippen molar-refractivity contribution < 1.29 is 9.21 Å². The molecule has 138 valence electrons. The van der Waals surface area contributed by atoms with Gasteiger partial charge in [-0.15, -0.1) is 0 Å². The molecule has 0 bridgehead atoms. The van der Waals surface area contributed by atoms with E-state index in [-0.39, 0.29) is 11.2 Å². The molecular formula is C23H23NO3. The second kappa shape index (κ2) is 7.49. The molecule has 27 heavy (non-hydrogen) atoms. The fourth-order valence-electron chi connectivity index (χ4n) is 3.99. The highest BCUT2D eigenvalue weighted by molar-refractivity contribution is 5.99. The van der Waals surface area contributed by atoms with E-state index in [4.69, 9.17) is 4.42 Å². The minimum absolute atomic E-state index is 0.0859. The van der Waals surface area contributed by atoms with Crippen LogP contribution in [0.4, 0.5) is 0 Å². The normalized spacial score (nSPS) is 17.4. The fraction of sp³-hybridized carbons (Fsp3) is 0.304. The van der Waals surface area contributed by atoms with E-state index in [9.17, 15) is 9.59 Å². The molecule has 1 aliphatic rings. The van der Waals surface area contributed by atoms with Crippen LogP contribution in [0, 0.1) is 6.92 Å². The number of hydrogen-bond donors (Lipinski definition) is 0. The molecule has 3 aromatic rings. The van der Waals surface area contributed by atoms with Crippen LogP contribution in [0.5, 0.6) is 0 Å². The van der Waals surface area contributed by atoms with Gasteiger partial charge in [0.05, 0.1) is 11.6 Å². The number of benzene rings is 2. The Bertz CT molecular complexity index is 1040. The van der Waals surface area contributed by atoms with E-state index in [1.807, 2.05) is 0 Å². The van der Waals surface area contributed by atoms with Crippen LogP contribution in [0.2, 0.25) is 0 Å². The van der Waals surface area contributed by atoms with Crippen molar-refractivity contribution in [2.24, 2.45) is 0 Å². The number of aryl methyl sites for hydroxylation is 1. The zero-order valence-electron chi connectivity index (χ0n) is 15.5. The molecular weight excluding hydrogens is 338 g/mol. The molecule has 1 fully saturated rings. The lowest BCUT2D eigenvalue weighted by Crippen LogP contribution is -2.23. The van der Waals surface area contributed by atoms with E-state index >= 15 is 0 Å². The predicted octanol–water partition coefficient (Wildman–Crippen LogP) is 4.16. The molecule has 1 aromatic heterocycles. The molecule has 0 saturated carbocycles. The lowest BCUT2D eigenvalue weighted by molar-refractivity contribution is 0.0968. The fourth-order valence-corrected chi connectivity index (χ4v) is 3.99. The SMILES string of the molecule is Cc1ccccc1C1CCN(CCC(=O)c2ccc3c(=O)ccoc3c2)C1. The zero-order chi connectivity index (χ0) is 18.8. The van der Waals surface area contributed by atoms with Gasteiger partial charge in [-0.1, -0.05) is 30.3 Å². The monoisotopic (exact) mass is 361 g/mol. The van der Waals surface area contributed by atoms with Crippen LogP contribution < -0.4 is 5.43 Å². The molecule has 4 rings (SSSR count). The first-order valence-electron chi connectivity index (χ1n) is 9.44. The largest absolute Gasteiger partial charge is 0.464 e. The van der Waals surface area contributed by atoms with Crippen molar-refractivity contribution >= 4 is 16.8 Å². The number of fused-ring (bicyclic) bond motifs is 1. The minimum atomic E-state index is -0.0884. The zero-order valence-corrected chi connectivity index (χ0v) is 15.5. The highest BCUT2D eigenvalue weighted by Gasteiger charge is 2.25. The number of carbonyl (C=O) groups is 1. The number of ketones is 1. The van der Waals surface area contributed by atoms with Crippen molar-refractivity contribution in [3.63, 3.8) is 0 Å². The van der Waals surface area contributed by atoms with Gasteiger partial charge in [0.2, 0.25) is 0 Å². The van der Waals surface area contributed by atoms with E-state index < -0.39 is 0 Å². The van der Waals surface area contributed by atoms with E-state index in [0.29, 0.717) is 28.9 Å². The van der Waals surface area contributed by atoms with Gasteiger partial charge in [-0.05, 0) is 49.1 Å². The van der Waals surface area contributed by atoms with Gasteiger partial charge in [-0.25, -0.2) is 0 Å². The highest BCUT2D eigenvalue weighted by atomic mass is 16.3. The summed E-state index contributed by atoms with van der Waals surface area (Å²) in [6.07, 6.45) is 2.98. The maximum atomic E-state index is 12.6. The maximum Gasteiger partial charge on any atom is 0.192 e. The smallest absolute Gasteiger partial charge is 0.192 e. The lowest BCUT2D eigenvalue weighted by Gasteiger charge is -2.17. The topological polar surface area (TPSA) is 50.5 Å². The van der Waals surface area contributed by atoms with Crippen molar-refractivity contribution in [3.05, 3.63) is 81.7 Å². The third kappa shape index (κ3) is 3.71. The summed E-state index contributed by atoms with van der Waals surface area (Å²) in [4.78, 5) is 26.7. The summed E-state index contributed by atoms with van der Waals surface area (Å²) in [6, 6.07) is 15.0. The number of rotatable bonds is 5. The molecule has 0 amide bonds. The van der Waals surface area contributed by atoms with Gasteiger partial charge in [0.1, 0.15) is 5.58 Å². The molecule has 4 heteroatoms. The van der Waals surface area contributed by atoms with Gasteiger partial charge in [0, 0.05) is 31.1 Å². The Hall–Kier alpha value is -2.72. The molecule has 2 aromatic carbocycles. The molecule has 0 aliphatic carbocycles. The molecule has 4 nitrogen and oxygen atoms in total. The maximum absolute atomic E-state index is 12.6. The first-order valence-corrected chi connectivity index (χ1v) is 9.44. The quantitative estimate of drug-likeness (QED) is 0.640.